The van der Waals surface area contributed by atoms with Crippen LogP contribution in [-0.2, 0) is 6.42 Å². The van der Waals surface area contributed by atoms with Crippen LogP contribution in [0.4, 0.5) is 0 Å². The predicted molar refractivity (Wildman–Crippen MR) is 67.7 cm³/mol. The van der Waals surface area contributed by atoms with Crippen LogP contribution in [0.25, 0.3) is 5.69 Å². The minimum Gasteiger partial charge on any atom is -0.291 e. The third-order valence-electron chi connectivity index (χ3n) is 2.97. The van der Waals surface area contributed by atoms with Crippen LogP contribution in [0.5, 0.6) is 0 Å². The highest BCUT2D eigenvalue weighted by Gasteiger charge is 2.24. The molecule has 0 unspecified atom stereocenters. The van der Waals surface area contributed by atoms with Crippen LogP contribution >= 0.6 is 15.9 Å². The summed E-state index contributed by atoms with van der Waals surface area (Å²) in [4.78, 5) is 4.49. The van der Waals surface area contributed by atoms with Crippen LogP contribution in [0.1, 0.15) is 18.7 Å². The van der Waals surface area contributed by atoms with Crippen LogP contribution in [-0.4, -0.2) is 9.55 Å². The molecular formula is C13H13BrN2. The van der Waals surface area contributed by atoms with Crippen LogP contribution in [0, 0.1) is 5.92 Å². The lowest BCUT2D eigenvalue weighted by molar-refractivity contribution is 0.749. The van der Waals surface area contributed by atoms with Crippen molar-refractivity contribution in [2.45, 2.75) is 19.3 Å². The molecule has 3 rings (SSSR count). The zero-order chi connectivity index (χ0) is 11.0. The van der Waals surface area contributed by atoms with Gasteiger partial charge < -0.3 is 0 Å². The lowest BCUT2D eigenvalue weighted by Gasteiger charge is -2.08. The molecule has 0 bridgehead atoms. The molecule has 0 amide bonds. The molecule has 1 saturated carbocycles. The third-order valence-corrected chi connectivity index (χ3v) is 3.53. The lowest BCUT2D eigenvalue weighted by Crippen LogP contribution is -2.02. The fraction of sp³-hybridized carbons (Fsp3) is 0.308. The molecule has 16 heavy (non-hydrogen) atoms. The second-order valence-electron chi connectivity index (χ2n) is 4.32. The molecule has 1 aliphatic carbocycles. The first-order chi connectivity index (χ1) is 7.84. The van der Waals surface area contributed by atoms with Crippen molar-refractivity contribution in [3.8, 4) is 5.69 Å². The molecule has 1 heterocycles. The Labute approximate surface area is 103 Å². The number of aromatic nitrogens is 2. The molecule has 0 aliphatic heterocycles. The van der Waals surface area contributed by atoms with E-state index in [0.29, 0.717) is 0 Å². The van der Waals surface area contributed by atoms with Gasteiger partial charge in [-0.15, -0.1) is 0 Å². The van der Waals surface area contributed by atoms with Gasteiger partial charge >= 0.3 is 0 Å². The average molecular weight is 277 g/mol. The van der Waals surface area contributed by atoms with E-state index >= 15 is 0 Å². The number of hydrogen-bond donors (Lipinski definition) is 0. The van der Waals surface area contributed by atoms with E-state index in [2.05, 4.69) is 49.7 Å². The Morgan fingerprint density at radius 3 is 2.69 bits per heavy atom. The van der Waals surface area contributed by atoms with E-state index in [1.165, 1.54) is 24.4 Å². The van der Waals surface area contributed by atoms with Crippen molar-refractivity contribution in [1.82, 2.24) is 9.55 Å². The Kier molecular flexibility index (Phi) is 2.56. The zero-order valence-corrected chi connectivity index (χ0v) is 10.5. The highest BCUT2D eigenvalue weighted by molar-refractivity contribution is 9.10. The zero-order valence-electron chi connectivity index (χ0n) is 8.94. The van der Waals surface area contributed by atoms with Crippen molar-refractivity contribution in [3.05, 3.63) is 47.0 Å². The van der Waals surface area contributed by atoms with Crippen molar-refractivity contribution in [2.24, 2.45) is 5.92 Å². The summed E-state index contributed by atoms with van der Waals surface area (Å²) in [5.74, 6) is 2.03. The maximum Gasteiger partial charge on any atom is 0.114 e. The Morgan fingerprint density at radius 1 is 1.25 bits per heavy atom. The van der Waals surface area contributed by atoms with E-state index in [0.717, 1.165) is 16.9 Å². The van der Waals surface area contributed by atoms with Gasteiger partial charge in [0.15, 0.2) is 0 Å². The molecule has 1 aromatic heterocycles. The lowest BCUT2D eigenvalue weighted by atomic mass is 10.2. The van der Waals surface area contributed by atoms with Crippen LogP contribution < -0.4 is 0 Å². The second kappa shape index (κ2) is 4.06. The van der Waals surface area contributed by atoms with Gasteiger partial charge in [-0.1, -0.05) is 18.2 Å². The normalized spacial score (nSPS) is 15.3. The first-order valence-electron chi connectivity index (χ1n) is 5.62. The van der Waals surface area contributed by atoms with E-state index in [-0.39, 0.29) is 0 Å². The highest BCUT2D eigenvalue weighted by atomic mass is 79.9. The minimum absolute atomic E-state index is 0.858. The fourth-order valence-corrected chi connectivity index (χ4v) is 2.45. The van der Waals surface area contributed by atoms with Gasteiger partial charge in [0.05, 0.1) is 6.20 Å². The number of rotatable bonds is 3. The standard InChI is InChI=1S/C13H13BrN2/c14-12-9-15-13(8-10-6-7-10)16(12)11-4-2-1-3-5-11/h1-5,9-10H,6-8H2. The van der Waals surface area contributed by atoms with Gasteiger partial charge in [0.25, 0.3) is 0 Å². The van der Waals surface area contributed by atoms with Gasteiger partial charge in [0.2, 0.25) is 0 Å². The number of nitrogens with zero attached hydrogens (tertiary/aromatic N) is 2. The maximum atomic E-state index is 4.49. The summed E-state index contributed by atoms with van der Waals surface area (Å²) in [5, 5.41) is 0. The molecule has 2 aromatic rings. The number of para-hydroxylation sites is 1. The van der Waals surface area contributed by atoms with E-state index in [9.17, 15) is 0 Å². The van der Waals surface area contributed by atoms with Gasteiger partial charge in [-0.2, -0.15) is 0 Å². The summed E-state index contributed by atoms with van der Waals surface area (Å²) in [6.45, 7) is 0. The molecule has 0 radical (unpaired) electrons. The van der Waals surface area contributed by atoms with E-state index < -0.39 is 0 Å². The van der Waals surface area contributed by atoms with Gasteiger partial charge in [0.1, 0.15) is 10.4 Å². The second-order valence-corrected chi connectivity index (χ2v) is 5.13. The molecular weight excluding hydrogens is 264 g/mol. The number of benzene rings is 1. The van der Waals surface area contributed by atoms with Crippen LogP contribution in [0.15, 0.2) is 41.1 Å². The number of hydrogen-bond acceptors (Lipinski definition) is 1. The van der Waals surface area contributed by atoms with Crippen molar-refractivity contribution in [3.63, 3.8) is 0 Å². The molecule has 82 valence electrons. The van der Waals surface area contributed by atoms with E-state index in [4.69, 9.17) is 0 Å². The van der Waals surface area contributed by atoms with E-state index in [1.54, 1.807) is 0 Å². The highest BCUT2D eigenvalue weighted by Crippen LogP contribution is 2.33. The van der Waals surface area contributed by atoms with E-state index in [1.807, 2.05) is 12.3 Å². The molecule has 1 aliphatic rings. The molecule has 0 spiro atoms. The van der Waals surface area contributed by atoms with Gasteiger partial charge in [0, 0.05) is 12.1 Å². The van der Waals surface area contributed by atoms with Gasteiger partial charge in [-0.05, 0) is 46.8 Å². The SMILES string of the molecule is Brc1cnc(CC2CC2)n1-c1ccccc1. The Morgan fingerprint density at radius 2 is 2.00 bits per heavy atom. The Bertz CT molecular complexity index is 486. The largest absolute Gasteiger partial charge is 0.291 e. The summed E-state index contributed by atoms with van der Waals surface area (Å²) in [5.41, 5.74) is 1.18. The Balaban J connectivity index is 2.01. The summed E-state index contributed by atoms with van der Waals surface area (Å²) >= 11 is 3.56. The smallest absolute Gasteiger partial charge is 0.114 e. The first kappa shape index (κ1) is 10.1. The summed E-state index contributed by atoms with van der Waals surface area (Å²) < 4.78 is 3.23. The molecule has 0 atom stereocenters. The summed E-state index contributed by atoms with van der Waals surface area (Å²) in [6, 6.07) is 10.4. The molecule has 0 saturated heterocycles. The van der Waals surface area contributed by atoms with Crippen molar-refractivity contribution in [1.29, 1.82) is 0 Å². The summed E-state index contributed by atoms with van der Waals surface area (Å²) in [6.07, 6.45) is 5.71. The molecule has 2 nitrogen and oxygen atoms in total. The molecule has 0 N–H and O–H groups in total. The first-order valence-corrected chi connectivity index (χ1v) is 6.41. The van der Waals surface area contributed by atoms with Crippen molar-refractivity contribution >= 4 is 15.9 Å². The molecule has 1 aromatic carbocycles. The van der Waals surface area contributed by atoms with Gasteiger partial charge in [-0.25, -0.2) is 4.98 Å². The Hall–Kier alpha value is -1.09. The quantitative estimate of drug-likeness (QED) is 0.838. The summed E-state index contributed by atoms with van der Waals surface area (Å²) in [7, 11) is 0. The minimum atomic E-state index is 0.858. The number of imidazole rings is 1. The van der Waals surface area contributed by atoms with Crippen LogP contribution in [0.3, 0.4) is 0 Å². The topological polar surface area (TPSA) is 17.8 Å². The fourth-order valence-electron chi connectivity index (χ4n) is 1.94. The third kappa shape index (κ3) is 1.92. The van der Waals surface area contributed by atoms with Gasteiger partial charge in [-0.3, -0.25) is 4.57 Å². The van der Waals surface area contributed by atoms with Crippen molar-refractivity contribution < 1.29 is 0 Å². The molecule has 1 fully saturated rings. The average Bonchev–Trinajstić information content (AvgIpc) is 3.04. The van der Waals surface area contributed by atoms with Crippen molar-refractivity contribution in [2.75, 3.05) is 0 Å². The molecule has 3 heteroatoms. The number of halogens is 1. The van der Waals surface area contributed by atoms with Crippen LogP contribution in [0.2, 0.25) is 0 Å². The monoisotopic (exact) mass is 276 g/mol. The maximum absolute atomic E-state index is 4.49. The predicted octanol–water partition coefficient (Wildman–Crippen LogP) is 3.59.